The summed E-state index contributed by atoms with van der Waals surface area (Å²) in [6, 6.07) is 10.4. The van der Waals surface area contributed by atoms with Gasteiger partial charge in [-0.1, -0.05) is 18.2 Å². The Labute approximate surface area is 203 Å². The molecular weight excluding hydrogens is 478 g/mol. The van der Waals surface area contributed by atoms with Gasteiger partial charge in [0.1, 0.15) is 11.8 Å². The van der Waals surface area contributed by atoms with Crippen LogP contribution in [0.25, 0.3) is 0 Å². The molecule has 0 bridgehead atoms. The Morgan fingerprint density at radius 1 is 1.00 bits per heavy atom. The van der Waals surface area contributed by atoms with Crippen molar-refractivity contribution in [2.45, 2.75) is 19.5 Å². The van der Waals surface area contributed by atoms with E-state index in [0.29, 0.717) is 15.3 Å². The van der Waals surface area contributed by atoms with E-state index < -0.39 is 17.9 Å². The highest BCUT2D eigenvalue weighted by molar-refractivity contribution is 7.16. The van der Waals surface area contributed by atoms with Gasteiger partial charge in [0, 0.05) is 13.1 Å². The van der Waals surface area contributed by atoms with Crippen molar-refractivity contribution in [3.8, 4) is 5.75 Å². The third kappa shape index (κ3) is 6.42. The third-order valence-electron chi connectivity index (χ3n) is 4.71. The Balaban J connectivity index is 1.63. The van der Waals surface area contributed by atoms with E-state index >= 15 is 0 Å². The molecule has 4 N–H and O–H groups in total. The number of amides is 3. The number of rotatable bonds is 9. The van der Waals surface area contributed by atoms with Crippen LogP contribution < -0.4 is 16.0 Å². The molecule has 0 aliphatic heterocycles. The van der Waals surface area contributed by atoms with E-state index in [1.807, 2.05) is 0 Å². The lowest BCUT2D eigenvalue weighted by atomic mass is 10.2. The fourth-order valence-corrected chi connectivity index (χ4v) is 4.64. The molecule has 34 heavy (non-hydrogen) atoms. The van der Waals surface area contributed by atoms with Crippen molar-refractivity contribution >= 4 is 46.4 Å². The molecule has 0 saturated carbocycles. The standard InChI is InChI=1S/C23H23N3O6S2/c1-13-9-18(21(29)24-11-14-5-3-6-15(27)10-14)34-19(13)22(30)26-16(23(31)32-2)12-25-20(28)17-7-4-8-33-17/h3-10,16,27H,11-12H2,1-2H3,(H,24,29)(H,25,28)(H,26,30). The molecule has 0 aliphatic rings. The minimum Gasteiger partial charge on any atom is -0.508 e. The van der Waals surface area contributed by atoms with Crippen molar-refractivity contribution in [1.29, 1.82) is 0 Å². The zero-order valence-corrected chi connectivity index (χ0v) is 20.0. The molecule has 9 nitrogen and oxygen atoms in total. The predicted octanol–water partition coefficient (Wildman–Crippen LogP) is 2.46. The molecule has 3 rings (SSSR count). The molecule has 2 aromatic heterocycles. The molecule has 11 heteroatoms. The van der Waals surface area contributed by atoms with Crippen molar-refractivity contribution in [1.82, 2.24) is 16.0 Å². The second-order valence-corrected chi connectivity index (χ2v) is 9.21. The van der Waals surface area contributed by atoms with E-state index in [0.717, 1.165) is 16.9 Å². The second-order valence-electron chi connectivity index (χ2n) is 7.21. The highest BCUT2D eigenvalue weighted by Gasteiger charge is 2.25. The molecule has 0 radical (unpaired) electrons. The molecule has 3 aromatic rings. The maximum absolute atomic E-state index is 12.8. The summed E-state index contributed by atoms with van der Waals surface area (Å²) < 4.78 is 4.75. The quantitative estimate of drug-likeness (QED) is 0.333. The van der Waals surface area contributed by atoms with E-state index in [2.05, 4.69) is 16.0 Å². The number of aromatic hydroxyl groups is 1. The van der Waals surface area contributed by atoms with Gasteiger partial charge >= 0.3 is 5.97 Å². The van der Waals surface area contributed by atoms with Crippen LogP contribution in [0.4, 0.5) is 0 Å². The average Bonchev–Trinajstić information content (AvgIpc) is 3.49. The summed E-state index contributed by atoms with van der Waals surface area (Å²) in [4.78, 5) is 50.8. The molecule has 0 saturated heterocycles. The number of methoxy groups -OCH3 is 1. The van der Waals surface area contributed by atoms with E-state index in [4.69, 9.17) is 4.74 Å². The summed E-state index contributed by atoms with van der Waals surface area (Å²) in [5.41, 5.74) is 1.29. The molecule has 0 spiro atoms. The minimum atomic E-state index is -1.11. The first-order chi connectivity index (χ1) is 16.3. The number of benzene rings is 1. The van der Waals surface area contributed by atoms with E-state index in [1.165, 1.54) is 24.5 Å². The number of carbonyl (C=O) groups is 4. The fraction of sp³-hybridized carbons (Fsp3) is 0.217. The predicted molar refractivity (Wildman–Crippen MR) is 128 cm³/mol. The molecule has 3 amide bonds. The lowest BCUT2D eigenvalue weighted by Crippen LogP contribution is -2.48. The maximum Gasteiger partial charge on any atom is 0.330 e. The van der Waals surface area contributed by atoms with Crippen molar-refractivity contribution in [3.63, 3.8) is 0 Å². The summed E-state index contributed by atoms with van der Waals surface area (Å²) >= 11 is 2.24. The zero-order valence-electron chi connectivity index (χ0n) is 18.4. The van der Waals surface area contributed by atoms with Gasteiger partial charge in [-0.25, -0.2) is 4.79 Å². The van der Waals surface area contributed by atoms with Crippen molar-refractivity contribution in [2.24, 2.45) is 0 Å². The van der Waals surface area contributed by atoms with Crippen LogP contribution in [0, 0.1) is 6.92 Å². The number of phenolic OH excluding ortho intramolecular Hbond substituents is 1. The number of phenols is 1. The van der Waals surface area contributed by atoms with E-state index in [9.17, 15) is 24.3 Å². The van der Waals surface area contributed by atoms with E-state index in [1.54, 1.807) is 48.7 Å². The van der Waals surface area contributed by atoms with Crippen LogP contribution >= 0.6 is 22.7 Å². The Kier molecular flexibility index (Phi) is 8.39. The monoisotopic (exact) mass is 501 g/mol. The molecule has 2 heterocycles. The normalized spacial score (nSPS) is 11.4. The molecule has 178 valence electrons. The fourth-order valence-electron chi connectivity index (χ4n) is 3.00. The van der Waals surface area contributed by atoms with Gasteiger partial charge < -0.3 is 25.8 Å². The first-order valence-corrected chi connectivity index (χ1v) is 11.8. The summed E-state index contributed by atoms with van der Waals surface area (Å²) in [5.74, 6) is -1.91. The number of ether oxygens (including phenoxy) is 1. The number of nitrogens with one attached hydrogen (secondary N) is 3. The Morgan fingerprint density at radius 2 is 1.76 bits per heavy atom. The number of esters is 1. The lowest BCUT2D eigenvalue weighted by molar-refractivity contribution is -0.142. The van der Waals surface area contributed by atoms with Crippen LogP contribution in [-0.4, -0.2) is 48.5 Å². The molecule has 1 aromatic carbocycles. The molecule has 1 atom stereocenters. The van der Waals surface area contributed by atoms with Gasteiger partial charge in [0.15, 0.2) is 0 Å². The number of carbonyl (C=O) groups excluding carboxylic acids is 4. The first kappa shape index (κ1) is 24.9. The maximum atomic E-state index is 12.8. The Bertz CT molecular complexity index is 1190. The van der Waals surface area contributed by atoms with Crippen LogP contribution in [0.3, 0.4) is 0 Å². The summed E-state index contributed by atoms with van der Waals surface area (Å²) in [5, 5.41) is 19.2. The van der Waals surface area contributed by atoms with Crippen LogP contribution in [0.5, 0.6) is 5.75 Å². The number of thiophene rings is 2. The average molecular weight is 502 g/mol. The van der Waals surface area contributed by atoms with Crippen LogP contribution in [0.2, 0.25) is 0 Å². The summed E-state index contributed by atoms with van der Waals surface area (Å²) in [6.07, 6.45) is 0. The second kappa shape index (κ2) is 11.4. The van der Waals surface area contributed by atoms with Crippen molar-refractivity contribution < 1.29 is 29.0 Å². The Morgan fingerprint density at radius 3 is 2.44 bits per heavy atom. The highest BCUT2D eigenvalue weighted by atomic mass is 32.1. The van der Waals surface area contributed by atoms with Crippen molar-refractivity contribution in [2.75, 3.05) is 13.7 Å². The summed E-state index contributed by atoms with van der Waals surface area (Å²) in [6.45, 7) is 1.74. The molecule has 0 aliphatic carbocycles. The van der Waals surface area contributed by atoms with Crippen LogP contribution in [-0.2, 0) is 16.1 Å². The minimum absolute atomic E-state index is 0.101. The van der Waals surface area contributed by atoms with Crippen LogP contribution in [0.1, 0.15) is 40.1 Å². The zero-order chi connectivity index (χ0) is 24.7. The van der Waals surface area contributed by atoms with Gasteiger partial charge in [-0.2, -0.15) is 0 Å². The number of hydrogen-bond acceptors (Lipinski definition) is 8. The van der Waals surface area contributed by atoms with Gasteiger partial charge in [0.2, 0.25) is 0 Å². The number of aryl methyl sites for hydroxylation is 1. The van der Waals surface area contributed by atoms with Crippen LogP contribution in [0.15, 0.2) is 47.8 Å². The highest BCUT2D eigenvalue weighted by Crippen LogP contribution is 2.22. The lowest BCUT2D eigenvalue weighted by Gasteiger charge is -2.16. The van der Waals surface area contributed by atoms with Gasteiger partial charge in [-0.3, -0.25) is 14.4 Å². The number of hydrogen-bond donors (Lipinski definition) is 4. The first-order valence-electron chi connectivity index (χ1n) is 10.2. The van der Waals surface area contributed by atoms with Gasteiger partial charge in [-0.15, -0.1) is 22.7 Å². The molecule has 1 unspecified atom stereocenters. The third-order valence-corrected chi connectivity index (χ3v) is 6.82. The van der Waals surface area contributed by atoms with Gasteiger partial charge in [-0.05, 0) is 47.7 Å². The van der Waals surface area contributed by atoms with Gasteiger partial charge in [0.25, 0.3) is 17.7 Å². The van der Waals surface area contributed by atoms with Gasteiger partial charge in [0.05, 0.1) is 21.7 Å². The topological polar surface area (TPSA) is 134 Å². The SMILES string of the molecule is COC(=O)C(CNC(=O)c1cccs1)NC(=O)c1sc(C(=O)NCc2cccc(O)c2)cc1C. The largest absolute Gasteiger partial charge is 0.508 e. The molecule has 0 fully saturated rings. The van der Waals surface area contributed by atoms with Crippen molar-refractivity contribution in [3.05, 3.63) is 73.6 Å². The van der Waals surface area contributed by atoms with E-state index in [-0.39, 0.29) is 35.5 Å². The molecular formula is C23H23N3O6S2. The smallest absolute Gasteiger partial charge is 0.330 e. The Hall–Kier alpha value is -3.70. The summed E-state index contributed by atoms with van der Waals surface area (Å²) in [7, 11) is 1.19.